The molecule has 2 aromatic carbocycles. The van der Waals surface area contributed by atoms with Crippen molar-refractivity contribution in [2.24, 2.45) is 0 Å². The van der Waals surface area contributed by atoms with Crippen molar-refractivity contribution in [2.45, 2.75) is 12.5 Å². The van der Waals surface area contributed by atoms with Gasteiger partial charge in [-0.2, -0.15) is 0 Å². The molecule has 1 aliphatic rings. The van der Waals surface area contributed by atoms with E-state index in [0.29, 0.717) is 5.56 Å². The van der Waals surface area contributed by atoms with E-state index in [1.54, 1.807) is 36.4 Å². The average Bonchev–Trinajstić information content (AvgIpc) is 2.94. The molecule has 6 nitrogen and oxygen atoms in total. The fourth-order valence-corrected chi connectivity index (χ4v) is 4.14. The lowest BCUT2D eigenvalue weighted by Crippen LogP contribution is -2.45. The Morgan fingerprint density at radius 1 is 1.11 bits per heavy atom. The predicted octanol–water partition coefficient (Wildman–Crippen LogP) is 3.28. The van der Waals surface area contributed by atoms with Gasteiger partial charge in [0.1, 0.15) is 10.4 Å². The summed E-state index contributed by atoms with van der Waals surface area (Å²) in [5, 5.41) is 18.7. The van der Waals surface area contributed by atoms with Crippen molar-refractivity contribution >= 4 is 52.2 Å². The van der Waals surface area contributed by atoms with Crippen molar-refractivity contribution in [2.75, 3.05) is 0 Å². The molecule has 0 aliphatic carbocycles. The van der Waals surface area contributed by atoms with Gasteiger partial charge in [-0.15, -0.1) is 0 Å². The van der Waals surface area contributed by atoms with Crippen LogP contribution in [0.1, 0.15) is 21.5 Å². The summed E-state index contributed by atoms with van der Waals surface area (Å²) in [4.78, 5) is 37.1. The largest absolute Gasteiger partial charge is 0.480 e. The number of amides is 1. The maximum absolute atomic E-state index is 12.8. The molecule has 1 fully saturated rings. The van der Waals surface area contributed by atoms with Gasteiger partial charge in [-0.25, -0.2) is 9.59 Å². The third-order valence-electron chi connectivity index (χ3n) is 4.12. The summed E-state index contributed by atoms with van der Waals surface area (Å²) >= 11 is 6.27. The van der Waals surface area contributed by atoms with Crippen LogP contribution >= 0.6 is 24.0 Å². The monoisotopic (exact) mass is 413 g/mol. The number of nitrogens with zero attached hydrogens (tertiary/aromatic N) is 1. The highest BCUT2D eigenvalue weighted by Crippen LogP contribution is 2.34. The van der Waals surface area contributed by atoms with Crippen LogP contribution in [0.2, 0.25) is 0 Å². The standard InChI is InChI=1S/C20H15NO5S2/c22-17-16(11-13-7-4-8-14(9-13)18(23)24)28-20(27)21(17)15(19(25)26)10-12-5-2-1-3-6-12/h1-9,11,15H,10H2,(H,23,24)(H,25,26)/b16-11-/t15-/m1/s1. The molecule has 142 valence electrons. The smallest absolute Gasteiger partial charge is 0.335 e. The van der Waals surface area contributed by atoms with Crippen LogP contribution in [-0.4, -0.2) is 43.3 Å². The van der Waals surface area contributed by atoms with E-state index in [9.17, 15) is 19.5 Å². The average molecular weight is 413 g/mol. The quantitative estimate of drug-likeness (QED) is 0.554. The molecule has 28 heavy (non-hydrogen) atoms. The van der Waals surface area contributed by atoms with Crippen LogP contribution in [0.3, 0.4) is 0 Å². The molecule has 1 heterocycles. The number of rotatable bonds is 6. The van der Waals surface area contributed by atoms with Gasteiger partial charge in [-0.3, -0.25) is 9.69 Å². The lowest BCUT2D eigenvalue weighted by molar-refractivity contribution is -0.145. The number of thioether (sulfide) groups is 1. The Kier molecular flexibility index (Phi) is 5.91. The maximum atomic E-state index is 12.8. The number of hydrogen-bond donors (Lipinski definition) is 2. The van der Waals surface area contributed by atoms with E-state index in [2.05, 4.69) is 0 Å². The third kappa shape index (κ3) is 4.29. The van der Waals surface area contributed by atoms with Crippen LogP contribution in [0.4, 0.5) is 0 Å². The van der Waals surface area contributed by atoms with Crippen molar-refractivity contribution in [1.82, 2.24) is 4.90 Å². The molecule has 1 aliphatic heterocycles. The molecule has 1 amide bonds. The Labute approximate surface area is 170 Å². The van der Waals surface area contributed by atoms with Gasteiger partial charge in [0.05, 0.1) is 10.5 Å². The number of benzene rings is 2. The molecule has 3 rings (SSSR count). The fourth-order valence-electron chi connectivity index (χ4n) is 2.79. The van der Waals surface area contributed by atoms with Crippen LogP contribution in [0.25, 0.3) is 6.08 Å². The van der Waals surface area contributed by atoms with Crippen LogP contribution in [-0.2, 0) is 16.0 Å². The van der Waals surface area contributed by atoms with E-state index >= 15 is 0 Å². The van der Waals surface area contributed by atoms with Gasteiger partial charge in [0, 0.05) is 6.42 Å². The zero-order chi connectivity index (χ0) is 20.3. The summed E-state index contributed by atoms with van der Waals surface area (Å²) in [5.41, 5.74) is 1.40. The van der Waals surface area contributed by atoms with Gasteiger partial charge < -0.3 is 10.2 Å². The number of carbonyl (C=O) groups is 3. The number of carboxylic acid groups (broad SMARTS) is 2. The van der Waals surface area contributed by atoms with Crippen LogP contribution in [0, 0.1) is 0 Å². The molecule has 2 N–H and O–H groups in total. The molecule has 0 radical (unpaired) electrons. The minimum absolute atomic E-state index is 0.0942. The first-order valence-corrected chi connectivity index (χ1v) is 9.46. The number of carboxylic acids is 2. The van der Waals surface area contributed by atoms with Crippen molar-refractivity contribution < 1.29 is 24.6 Å². The molecule has 1 atom stereocenters. The first kappa shape index (κ1) is 19.8. The van der Waals surface area contributed by atoms with E-state index < -0.39 is 23.9 Å². The zero-order valence-electron chi connectivity index (χ0n) is 14.4. The number of hydrogen-bond acceptors (Lipinski definition) is 5. The molecule has 0 aromatic heterocycles. The topological polar surface area (TPSA) is 94.9 Å². The van der Waals surface area contributed by atoms with E-state index in [4.69, 9.17) is 17.3 Å². The number of carbonyl (C=O) groups excluding carboxylic acids is 1. The summed E-state index contributed by atoms with van der Waals surface area (Å²) in [7, 11) is 0. The van der Waals surface area contributed by atoms with Gasteiger partial charge in [0.25, 0.3) is 5.91 Å². The minimum atomic E-state index is -1.14. The first-order chi connectivity index (χ1) is 13.4. The zero-order valence-corrected chi connectivity index (χ0v) is 16.1. The third-order valence-corrected chi connectivity index (χ3v) is 5.45. The lowest BCUT2D eigenvalue weighted by atomic mass is 10.0. The molecule has 0 unspecified atom stereocenters. The summed E-state index contributed by atoms with van der Waals surface area (Å²) < 4.78 is 0.161. The van der Waals surface area contributed by atoms with E-state index in [0.717, 1.165) is 22.2 Å². The summed E-state index contributed by atoms with van der Waals surface area (Å²) in [6.45, 7) is 0. The fraction of sp³-hybridized carbons (Fsp3) is 0.100. The van der Waals surface area contributed by atoms with Crippen molar-refractivity contribution in [1.29, 1.82) is 0 Å². The van der Waals surface area contributed by atoms with Gasteiger partial charge in [0.15, 0.2) is 0 Å². The molecule has 2 aromatic rings. The second-order valence-corrected chi connectivity index (χ2v) is 7.70. The highest BCUT2D eigenvalue weighted by molar-refractivity contribution is 8.26. The molecule has 0 saturated carbocycles. The molecular weight excluding hydrogens is 398 g/mol. The second kappa shape index (κ2) is 8.37. The lowest BCUT2D eigenvalue weighted by Gasteiger charge is -2.23. The van der Waals surface area contributed by atoms with Crippen LogP contribution in [0.15, 0.2) is 59.5 Å². The van der Waals surface area contributed by atoms with Crippen molar-refractivity contribution in [3.63, 3.8) is 0 Å². The van der Waals surface area contributed by atoms with Crippen LogP contribution in [0.5, 0.6) is 0 Å². The van der Waals surface area contributed by atoms with Gasteiger partial charge in [-0.05, 0) is 29.3 Å². The van der Waals surface area contributed by atoms with Gasteiger partial charge in [0.2, 0.25) is 0 Å². The number of aromatic carboxylic acids is 1. The van der Waals surface area contributed by atoms with E-state index in [1.807, 2.05) is 6.07 Å². The Morgan fingerprint density at radius 3 is 2.46 bits per heavy atom. The van der Waals surface area contributed by atoms with Crippen molar-refractivity contribution in [3.05, 3.63) is 76.2 Å². The van der Waals surface area contributed by atoms with E-state index in [1.165, 1.54) is 18.2 Å². The van der Waals surface area contributed by atoms with Crippen LogP contribution < -0.4 is 0 Å². The van der Waals surface area contributed by atoms with Gasteiger partial charge >= 0.3 is 11.9 Å². The Hall–Kier alpha value is -2.97. The molecule has 1 saturated heterocycles. The summed E-state index contributed by atoms with van der Waals surface area (Å²) in [5.74, 6) is -2.72. The Balaban J connectivity index is 1.88. The Bertz CT molecular complexity index is 987. The highest BCUT2D eigenvalue weighted by Gasteiger charge is 2.40. The van der Waals surface area contributed by atoms with E-state index in [-0.39, 0.29) is 21.2 Å². The predicted molar refractivity (Wildman–Crippen MR) is 110 cm³/mol. The summed E-state index contributed by atoms with van der Waals surface area (Å²) in [6, 6.07) is 14.0. The molecule has 0 bridgehead atoms. The number of aliphatic carboxylic acids is 1. The minimum Gasteiger partial charge on any atom is -0.480 e. The Morgan fingerprint density at radius 2 is 1.82 bits per heavy atom. The SMILES string of the molecule is O=C(O)c1cccc(/C=C2\SC(=S)N([C@H](Cc3ccccc3)C(=O)O)C2=O)c1. The summed E-state index contributed by atoms with van der Waals surface area (Å²) in [6.07, 6.45) is 1.65. The molecule has 0 spiro atoms. The second-order valence-electron chi connectivity index (χ2n) is 6.03. The normalized spacial score (nSPS) is 16.4. The number of thiocarbonyl (C=S) groups is 1. The van der Waals surface area contributed by atoms with Gasteiger partial charge in [-0.1, -0.05) is 66.4 Å². The maximum Gasteiger partial charge on any atom is 0.335 e. The molecular formula is C20H15NO5S2. The molecule has 8 heteroatoms. The first-order valence-electron chi connectivity index (χ1n) is 8.24. The highest BCUT2D eigenvalue weighted by atomic mass is 32.2. The van der Waals surface area contributed by atoms with Crippen molar-refractivity contribution in [3.8, 4) is 0 Å².